The number of fused-ring (bicyclic) bond motifs is 1. The first kappa shape index (κ1) is 21.8. The van der Waals surface area contributed by atoms with Crippen LogP contribution in [0.5, 0.6) is 0 Å². The van der Waals surface area contributed by atoms with Crippen LogP contribution < -0.4 is 10.8 Å². The van der Waals surface area contributed by atoms with E-state index < -0.39 is 15.9 Å². The summed E-state index contributed by atoms with van der Waals surface area (Å²) in [5.74, 6) is 2.26. The van der Waals surface area contributed by atoms with Crippen molar-refractivity contribution < 1.29 is 18.4 Å². The molecule has 0 aliphatic rings. The van der Waals surface area contributed by atoms with E-state index in [1.807, 2.05) is 6.07 Å². The van der Waals surface area contributed by atoms with Crippen LogP contribution in [0.3, 0.4) is 0 Å². The van der Waals surface area contributed by atoms with E-state index >= 15 is 0 Å². The Hall–Kier alpha value is -4.46. The van der Waals surface area contributed by atoms with Crippen molar-refractivity contribution in [1.82, 2.24) is 19.4 Å². The van der Waals surface area contributed by atoms with Gasteiger partial charge in [-0.3, -0.25) is 10.0 Å². The van der Waals surface area contributed by atoms with Crippen LogP contribution in [0.2, 0.25) is 0 Å². The number of hydrogen-bond acceptors (Lipinski definition) is 7. The molecule has 2 heterocycles. The molecule has 9 nitrogen and oxygen atoms in total. The summed E-state index contributed by atoms with van der Waals surface area (Å²) in [7, 11) is -3.93. The fourth-order valence-electron chi connectivity index (χ4n) is 3.09. The van der Waals surface area contributed by atoms with Crippen molar-refractivity contribution in [2.45, 2.75) is 4.90 Å². The standard InChI is InChI=1S/C23H17N5O4S/c1-2-16-4-3-5-18(12-16)26-23-20-13-19(7-8-21(20)24-15-25-23)33(31,32)28-11-10-17(14-28)6-9-22(29)27-30/h1,3-15,30H,(H,27,29)(H,24,25,26)/b9-6+. The molecule has 1 amide bonds. The predicted molar refractivity (Wildman–Crippen MR) is 123 cm³/mol. The lowest BCUT2D eigenvalue weighted by Gasteiger charge is -2.11. The molecule has 0 spiro atoms. The number of hydrogen-bond donors (Lipinski definition) is 3. The zero-order chi connectivity index (χ0) is 23.4. The number of carbonyl (C=O) groups excluding carboxylic acids is 1. The maximum Gasteiger partial charge on any atom is 0.267 e. The Kier molecular flexibility index (Phi) is 5.91. The largest absolute Gasteiger partial charge is 0.340 e. The summed E-state index contributed by atoms with van der Waals surface area (Å²) in [5, 5.41) is 12.2. The summed E-state index contributed by atoms with van der Waals surface area (Å²) in [5.41, 5.74) is 3.88. The van der Waals surface area contributed by atoms with Crippen molar-refractivity contribution in [3.8, 4) is 12.3 Å². The van der Waals surface area contributed by atoms with Crippen LogP contribution >= 0.6 is 0 Å². The molecule has 0 saturated heterocycles. The Morgan fingerprint density at radius 2 is 2.00 bits per heavy atom. The fraction of sp³-hybridized carbons (Fsp3) is 0. The quantitative estimate of drug-likeness (QED) is 0.175. The summed E-state index contributed by atoms with van der Waals surface area (Å²) in [6.45, 7) is 0. The van der Waals surface area contributed by atoms with Crippen LogP contribution in [-0.2, 0) is 14.8 Å². The Labute approximate surface area is 189 Å². The van der Waals surface area contributed by atoms with E-state index in [-0.39, 0.29) is 4.90 Å². The van der Waals surface area contributed by atoms with Gasteiger partial charge in [-0.05, 0) is 54.1 Å². The molecule has 164 valence electrons. The van der Waals surface area contributed by atoms with Crippen molar-refractivity contribution in [3.05, 3.63) is 84.5 Å². The first-order valence-electron chi connectivity index (χ1n) is 9.55. The monoisotopic (exact) mass is 459 g/mol. The minimum absolute atomic E-state index is 0.0319. The number of anilines is 2. The Balaban J connectivity index is 1.71. The van der Waals surface area contributed by atoms with E-state index in [9.17, 15) is 13.2 Å². The van der Waals surface area contributed by atoms with Crippen molar-refractivity contribution >= 4 is 44.4 Å². The molecule has 33 heavy (non-hydrogen) atoms. The lowest BCUT2D eigenvalue weighted by atomic mass is 10.2. The third-order valence-corrected chi connectivity index (χ3v) is 6.33. The number of terminal acetylenes is 1. The normalized spacial score (nSPS) is 11.4. The van der Waals surface area contributed by atoms with Crippen LogP contribution in [0, 0.1) is 12.3 Å². The molecule has 0 radical (unpaired) electrons. The number of nitrogens with zero attached hydrogens (tertiary/aromatic N) is 3. The molecule has 4 aromatic rings. The van der Waals surface area contributed by atoms with Gasteiger partial charge in [-0.1, -0.05) is 12.0 Å². The molecular weight excluding hydrogens is 442 g/mol. The predicted octanol–water partition coefficient (Wildman–Crippen LogP) is 2.91. The molecule has 0 aliphatic carbocycles. The highest BCUT2D eigenvalue weighted by molar-refractivity contribution is 7.90. The smallest absolute Gasteiger partial charge is 0.267 e. The fourth-order valence-corrected chi connectivity index (χ4v) is 4.32. The Bertz CT molecular complexity index is 1530. The van der Waals surface area contributed by atoms with Gasteiger partial charge < -0.3 is 5.32 Å². The SMILES string of the molecule is C#Cc1cccc(Nc2ncnc3ccc(S(=O)(=O)n4ccc(/C=C/C(=O)NO)c4)cc23)c1. The summed E-state index contributed by atoms with van der Waals surface area (Å²) < 4.78 is 27.4. The number of amides is 1. The van der Waals surface area contributed by atoms with Crippen LogP contribution in [0.25, 0.3) is 17.0 Å². The van der Waals surface area contributed by atoms with E-state index in [2.05, 4.69) is 21.2 Å². The molecule has 0 unspecified atom stereocenters. The molecule has 2 aromatic carbocycles. The summed E-state index contributed by atoms with van der Waals surface area (Å²) in [6, 6.07) is 13.3. The number of carbonyl (C=O) groups is 1. The zero-order valence-electron chi connectivity index (χ0n) is 17.0. The molecule has 0 fully saturated rings. The van der Waals surface area contributed by atoms with Gasteiger partial charge in [0.05, 0.1) is 10.4 Å². The van der Waals surface area contributed by atoms with Gasteiger partial charge in [0, 0.05) is 35.1 Å². The van der Waals surface area contributed by atoms with Gasteiger partial charge in [0.2, 0.25) is 0 Å². The van der Waals surface area contributed by atoms with Gasteiger partial charge in [-0.15, -0.1) is 6.42 Å². The highest BCUT2D eigenvalue weighted by Crippen LogP contribution is 2.27. The highest BCUT2D eigenvalue weighted by atomic mass is 32.2. The molecular formula is C23H17N5O4S. The van der Waals surface area contributed by atoms with Gasteiger partial charge in [-0.25, -0.2) is 27.8 Å². The van der Waals surface area contributed by atoms with Crippen LogP contribution in [0.4, 0.5) is 11.5 Å². The van der Waals surface area contributed by atoms with E-state index in [1.165, 1.54) is 48.5 Å². The number of aromatic nitrogens is 3. The molecule has 2 aromatic heterocycles. The molecule has 3 N–H and O–H groups in total. The number of nitrogens with one attached hydrogen (secondary N) is 2. The van der Waals surface area contributed by atoms with Crippen molar-refractivity contribution in [3.63, 3.8) is 0 Å². The van der Waals surface area contributed by atoms with E-state index in [0.29, 0.717) is 33.5 Å². The summed E-state index contributed by atoms with van der Waals surface area (Å²) in [6.07, 6.45) is 12.0. The van der Waals surface area contributed by atoms with E-state index in [0.717, 1.165) is 10.0 Å². The van der Waals surface area contributed by atoms with Gasteiger partial charge in [0.15, 0.2) is 0 Å². The van der Waals surface area contributed by atoms with Gasteiger partial charge >= 0.3 is 0 Å². The second-order valence-electron chi connectivity index (χ2n) is 6.84. The maximum atomic E-state index is 13.2. The Morgan fingerprint density at radius 3 is 2.79 bits per heavy atom. The summed E-state index contributed by atoms with van der Waals surface area (Å²) in [4.78, 5) is 19.6. The van der Waals surface area contributed by atoms with Crippen LogP contribution in [0.1, 0.15) is 11.1 Å². The van der Waals surface area contributed by atoms with Crippen LogP contribution in [-0.4, -0.2) is 33.5 Å². The average molecular weight is 459 g/mol. The molecule has 4 rings (SSSR count). The number of rotatable bonds is 6. The van der Waals surface area contributed by atoms with Crippen LogP contribution in [0.15, 0.2) is 78.2 Å². The topological polar surface area (TPSA) is 126 Å². The first-order chi connectivity index (χ1) is 15.9. The number of hydroxylamine groups is 1. The molecule has 0 bridgehead atoms. The Morgan fingerprint density at radius 1 is 1.15 bits per heavy atom. The van der Waals surface area contributed by atoms with E-state index in [1.54, 1.807) is 24.3 Å². The number of benzene rings is 2. The lowest BCUT2D eigenvalue weighted by molar-refractivity contribution is -0.124. The van der Waals surface area contributed by atoms with E-state index in [4.69, 9.17) is 11.6 Å². The second kappa shape index (κ2) is 8.96. The zero-order valence-corrected chi connectivity index (χ0v) is 17.8. The third-order valence-electron chi connectivity index (χ3n) is 4.70. The van der Waals surface area contributed by atoms with Crippen molar-refractivity contribution in [2.24, 2.45) is 0 Å². The molecule has 10 heteroatoms. The lowest BCUT2D eigenvalue weighted by Crippen LogP contribution is -2.14. The first-order valence-corrected chi connectivity index (χ1v) is 11.0. The minimum atomic E-state index is -3.93. The average Bonchev–Trinajstić information content (AvgIpc) is 3.32. The van der Waals surface area contributed by atoms with Crippen molar-refractivity contribution in [2.75, 3.05) is 5.32 Å². The summed E-state index contributed by atoms with van der Waals surface area (Å²) >= 11 is 0. The second-order valence-corrected chi connectivity index (χ2v) is 8.68. The third kappa shape index (κ3) is 4.59. The van der Waals surface area contributed by atoms with Gasteiger partial charge in [0.25, 0.3) is 15.9 Å². The maximum absolute atomic E-state index is 13.2. The molecule has 0 atom stereocenters. The molecule has 0 aliphatic heterocycles. The highest BCUT2D eigenvalue weighted by Gasteiger charge is 2.18. The van der Waals surface area contributed by atoms with Gasteiger partial charge in [0.1, 0.15) is 12.1 Å². The van der Waals surface area contributed by atoms with Gasteiger partial charge in [-0.2, -0.15) is 0 Å². The van der Waals surface area contributed by atoms with Crippen molar-refractivity contribution in [1.29, 1.82) is 0 Å². The molecule has 0 saturated carbocycles. The minimum Gasteiger partial charge on any atom is -0.340 e.